The molecule has 2 aromatic carbocycles. The monoisotopic (exact) mass is 503 g/mol. The molecule has 3 rings (SSSR count). The van der Waals surface area contributed by atoms with Gasteiger partial charge < -0.3 is 16.0 Å². The van der Waals surface area contributed by atoms with Crippen LogP contribution >= 0.6 is 0 Å². The van der Waals surface area contributed by atoms with Crippen molar-refractivity contribution in [1.82, 2.24) is 0 Å². The first-order valence-corrected chi connectivity index (χ1v) is 13.6. The minimum absolute atomic E-state index is 0.125. The fraction of sp³-hybridized carbons (Fsp3) is 0.394. The van der Waals surface area contributed by atoms with E-state index < -0.39 is 5.82 Å². The first kappa shape index (κ1) is 30.0. The number of rotatable bonds is 10. The van der Waals surface area contributed by atoms with Crippen LogP contribution in [0.4, 0.5) is 21.5 Å². The average molecular weight is 504 g/mol. The molecule has 1 atom stereocenters. The summed E-state index contributed by atoms with van der Waals surface area (Å²) >= 11 is 0. The lowest BCUT2D eigenvalue weighted by Crippen LogP contribution is -2.32. The second-order valence-corrected chi connectivity index (χ2v) is 9.87. The molecule has 0 amide bonds. The maximum Gasteiger partial charge on any atom is 0.170 e. The van der Waals surface area contributed by atoms with Gasteiger partial charge in [-0.3, -0.25) is 0 Å². The molecule has 4 heteroatoms. The van der Waals surface area contributed by atoms with Crippen LogP contribution in [-0.2, 0) is 6.42 Å². The van der Waals surface area contributed by atoms with E-state index in [0.29, 0.717) is 23.4 Å². The topological polar surface area (TPSA) is 41.3 Å². The van der Waals surface area contributed by atoms with Crippen LogP contribution < -0.4 is 16.0 Å². The molecule has 3 nitrogen and oxygen atoms in total. The molecule has 0 saturated carbocycles. The molecule has 2 aromatic rings. The molecule has 37 heavy (non-hydrogen) atoms. The van der Waals surface area contributed by atoms with Crippen molar-refractivity contribution in [3.8, 4) is 0 Å². The Morgan fingerprint density at radius 3 is 2.41 bits per heavy atom. The van der Waals surface area contributed by atoms with Gasteiger partial charge in [-0.05, 0) is 62.3 Å². The van der Waals surface area contributed by atoms with E-state index >= 15 is 4.39 Å². The summed E-state index contributed by atoms with van der Waals surface area (Å²) in [4.78, 5) is 2.16. The summed E-state index contributed by atoms with van der Waals surface area (Å²) < 4.78 is 15.2. The third kappa shape index (κ3) is 6.74. The van der Waals surface area contributed by atoms with Gasteiger partial charge in [-0.15, -0.1) is 0 Å². The SMILES string of the molecule is C=Cc1c(NCCCC)c(F)c(N)c2c1N(C(C)CC)C=C(C(=C)C)C2=C.CCCc1ccccc1C. The number of nitrogens with zero attached hydrogens (tertiary/aromatic N) is 1. The predicted octanol–water partition coefficient (Wildman–Crippen LogP) is 9.30. The molecule has 0 aromatic heterocycles. The van der Waals surface area contributed by atoms with Gasteiger partial charge in [0.2, 0.25) is 0 Å². The van der Waals surface area contributed by atoms with Crippen LogP contribution in [0.5, 0.6) is 0 Å². The Morgan fingerprint density at radius 1 is 1.19 bits per heavy atom. The molecule has 0 fully saturated rings. The molecule has 1 aliphatic rings. The van der Waals surface area contributed by atoms with Crippen LogP contribution in [0.2, 0.25) is 0 Å². The van der Waals surface area contributed by atoms with Gasteiger partial charge in [-0.1, -0.05) is 83.7 Å². The molecular formula is C33H46FN3. The van der Waals surface area contributed by atoms with E-state index in [1.54, 1.807) is 6.08 Å². The molecule has 1 unspecified atom stereocenters. The van der Waals surface area contributed by atoms with Crippen molar-refractivity contribution < 1.29 is 4.39 Å². The van der Waals surface area contributed by atoms with Crippen molar-refractivity contribution in [2.45, 2.75) is 79.7 Å². The molecule has 1 aliphatic heterocycles. The Balaban J connectivity index is 0.000000402. The quantitative estimate of drug-likeness (QED) is 0.251. The number of allylic oxidation sites excluding steroid dienone is 3. The minimum Gasteiger partial charge on any atom is -0.396 e. The number of nitrogen functional groups attached to an aromatic ring is 1. The van der Waals surface area contributed by atoms with Crippen molar-refractivity contribution in [1.29, 1.82) is 0 Å². The first-order valence-electron chi connectivity index (χ1n) is 13.6. The molecule has 0 aliphatic carbocycles. The third-order valence-corrected chi connectivity index (χ3v) is 6.98. The molecule has 1 heterocycles. The number of unbranched alkanes of at least 4 members (excludes halogenated alkanes) is 1. The second-order valence-electron chi connectivity index (χ2n) is 9.87. The normalized spacial score (nSPS) is 13.2. The third-order valence-electron chi connectivity index (χ3n) is 6.98. The van der Waals surface area contributed by atoms with Gasteiger partial charge in [-0.25, -0.2) is 4.39 Å². The number of fused-ring (bicyclic) bond motifs is 1. The van der Waals surface area contributed by atoms with Crippen molar-refractivity contribution >= 4 is 28.7 Å². The lowest BCUT2D eigenvalue weighted by atomic mass is 9.86. The highest BCUT2D eigenvalue weighted by Gasteiger charge is 2.31. The Bertz CT molecular complexity index is 1160. The van der Waals surface area contributed by atoms with Crippen LogP contribution in [-0.4, -0.2) is 12.6 Å². The van der Waals surface area contributed by atoms with Crippen molar-refractivity contribution in [2.24, 2.45) is 0 Å². The van der Waals surface area contributed by atoms with Crippen molar-refractivity contribution in [3.63, 3.8) is 0 Å². The highest BCUT2D eigenvalue weighted by atomic mass is 19.1. The Morgan fingerprint density at radius 2 is 1.86 bits per heavy atom. The van der Waals surface area contributed by atoms with E-state index in [2.05, 4.69) is 95.0 Å². The zero-order chi connectivity index (χ0) is 27.7. The number of benzene rings is 2. The highest BCUT2D eigenvalue weighted by molar-refractivity contribution is 6.02. The number of halogens is 1. The Kier molecular flexibility index (Phi) is 11.2. The molecule has 0 bridgehead atoms. The number of hydrogen-bond donors (Lipinski definition) is 2. The lowest BCUT2D eigenvalue weighted by molar-refractivity contribution is 0.631. The van der Waals surface area contributed by atoms with Crippen LogP contribution in [0.1, 0.15) is 82.6 Å². The Labute approximate surface area is 224 Å². The van der Waals surface area contributed by atoms with Gasteiger partial charge in [0.15, 0.2) is 5.82 Å². The van der Waals surface area contributed by atoms with E-state index in [4.69, 9.17) is 5.73 Å². The molecule has 0 radical (unpaired) electrons. The summed E-state index contributed by atoms with van der Waals surface area (Å²) in [5.41, 5.74) is 14.5. The van der Waals surface area contributed by atoms with E-state index in [1.807, 2.05) is 6.92 Å². The van der Waals surface area contributed by atoms with Crippen LogP contribution in [0.25, 0.3) is 11.6 Å². The van der Waals surface area contributed by atoms with Crippen LogP contribution in [0.15, 0.2) is 61.3 Å². The number of aryl methyl sites for hydroxylation is 2. The first-order chi connectivity index (χ1) is 17.6. The van der Waals surface area contributed by atoms with Crippen molar-refractivity contribution in [2.75, 3.05) is 22.5 Å². The highest BCUT2D eigenvalue weighted by Crippen LogP contribution is 2.49. The molecule has 200 valence electrons. The maximum absolute atomic E-state index is 15.2. The summed E-state index contributed by atoms with van der Waals surface area (Å²) in [7, 11) is 0. The number of hydrogen-bond acceptors (Lipinski definition) is 3. The fourth-order valence-corrected chi connectivity index (χ4v) is 4.57. The van der Waals surface area contributed by atoms with Crippen molar-refractivity contribution in [3.05, 3.63) is 89.4 Å². The zero-order valence-electron chi connectivity index (χ0n) is 23.8. The summed E-state index contributed by atoms with van der Waals surface area (Å²) in [5.74, 6) is -0.437. The van der Waals surface area contributed by atoms with E-state index in [0.717, 1.165) is 41.7 Å². The summed E-state index contributed by atoms with van der Waals surface area (Å²) in [6.45, 7) is 25.6. The molecule has 0 spiro atoms. The van der Waals surface area contributed by atoms with Gasteiger partial charge in [0.05, 0.1) is 17.1 Å². The zero-order valence-corrected chi connectivity index (χ0v) is 23.8. The Hall–Kier alpha value is -3.27. The second kappa shape index (κ2) is 13.9. The average Bonchev–Trinajstić information content (AvgIpc) is 2.88. The van der Waals surface area contributed by atoms with Gasteiger partial charge in [-0.2, -0.15) is 0 Å². The largest absolute Gasteiger partial charge is 0.396 e. The molecule has 0 saturated heterocycles. The smallest absolute Gasteiger partial charge is 0.170 e. The number of anilines is 3. The fourth-order valence-electron chi connectivity index (χ4n) is 4.57. The van der Waals surface area contributed by atoms with Gasteiger partial charge >= 0.3 is 0 Å². The predicted molar refractivity (Wildman–Crippen MR) is 164 cm³/mol. The van der Waals surface area contributed by atoms with E-state index in [-0.39, 0.29) is 11.7 Å². The summed E-state index contributed by atoms with van der Waals surface area (Å²) in [6.07, 6.45) is 9.13. The van der Waals surface area contributed by atoms with Gasteiger partial charge in [0.25, 0.3) is 0 Å². The van der Waals surface area contributed by atoms with E-state index in [1.165, 1.54) is 24.0 Å². The minimum atomic E-state index is -0.437. The number of nitrogens with two attached hydrogens (primary N) is 1. The van der Waals surface area contributed by atoms with E-state index in [9.17, 15) is 0 Å². The summed E-state index contributed by atoms with van der Waals surface area (Å²) in [6, 6.07) is 8.79. The van der Waals surface area contributed by atoms with Crippen LogP contribution in [0.3, 0.4) is 0 Å². The lowest BCUT2D eigenvalue weighted by Gasteiger charge is -2.38. The molecular weight excluding hydrogens is 457 g/mol. The maximum atomic E-state index is 15.2. The van der Waals surface area contributed by atoms with Crippen LogP contribution in [0, 0.1) is 12.7 Å². The standard InChI is InChI=1S/C23H32FN3.C10H14/c1-8-11-12-26-22-17(10-3)23-19(21(25)20(22)24)16(7)18(14(4)5)13-27(23)15(6)9-2;1-3-6-10-8-5-4-7-9(10)2/h10,13,15,26H,3-4,7-9,11-12,25H2,1-2,5-6H3;4-5,7-8H,3,6H2,1-2H3. The van der Waals surface area contributed by atoms with Gasteiger partial charge in [0.1, 0.15) is 0 Å². The summed E-state index contributed by atoms with van der Waals surface area (Å²) in [5, 5.41) is 3.23. The van der Waals surface area contributed by atoms with Gasteiger partial charge in [0, 0.05) is 35.5 Å². The molecule has 3 N–H and O–H groups in total. The number of nitrogens with one attached hydrogen (secondary N) is 1.